The molecule has 140 valence electrons. The van der Waals surface area contributed by atoms with E-state index in [0.717, 1.165) is 20.8 Å². The summed E-state index contributed by atoms with van der Waals surface area (Å²) >= 11 is 2.93. The molecule has 0 aliphatic heterocycles. The van der Waals surface area contributed by atoms with Crippen LogP contribution in [0.1, 0.15) is 41.5 Å². The van der Waals surface area contributed by atoms with Crippen molar-refractivity contribution < 1.29 is 0 Å². The van der Waals surface area contributed by atoms with Crippen molar-refractivity contribution in [3.63, 3.8) is 0 Å². The number of hydrogen-bond acceptors (Lipinski definition) is 5. The largest absolute Gasteiger partial charge is 0.284 e. The van der Waals surface area contributed by atoms with Gasteiger partial charge in [0.1, 0.15) is 10.1 Å². The molecule has 1 atom stereocenters. The summed E-state index contributed by atoms with van der Waals surface area (Å²) in [6.07, 6.45) is 0.621. The van der Waals surface area contributed by atoms with Crippen molar-refractivity contribution in [3.05, 3.63) is 56.2 Å². The highest BCUT2D eigenvalue weighted by molar-refractivity contribution is 8.00. The van der Waals surface area contributed by atoms with Gasteiger partial charge in [-0.05, 0) is 52.2 Å². The van der Waals surface area contributed by atoms with Crippen molar-refractivity contribution in [1.82, 2.24) is 9.55 Å². The van der Waals surface area contributed by atoms with E-state index < -0.39 is 0 Å². The molecule has 3 aromatic rings. The summed E-state index contributed by atoms with van der Waals surface area (Å²) < 4.78 is 1.73. The SMILES string of the molecule is Cc1ccc(C[C@H](C#N)Sc2nc3sc(C)c(C)c3c(=O)n2C(C)C)cc1. The van der Waals surface area contributed by atoms with Gasteiger partial charge < -0.3 is 0 Å². The van der Waals surface area contributed by atoms with Crippen LogP contribution in [-0.2, 0) is 6.42 Å². The van der Waals surface area contributed by atoms with Gasteiger partial charge in [0.15, 0.2) is 5.16 Å². The number of aryl methyl sites for hydroxylation is 3. The second kappa shape index (κ2) is 7.87. The Labute approximate surface area is 167 Å². The fourth-order valence-electron chi connectivity index (χ4n) is 3.01. The summed E-state index contributed by atoms with van der Waals surface area (Å²) in [5.74, 6) is 0. The molecule has 6 heteroatoms. The fourth-order valence-corrected chi connectivity index (χ4v) is 5.22. The minimum atomic E-state index is -0.302. The molecule has 2 heterocycles. The molecule has 0 amide bonds. The average Bonchev–Trinajstić information content (AvgIpc) is 2.90. The molecular formula is C21H23N3OS2. The predicted octanol–water partition coefficient (Wildman–Crippen LogP) is 5.19. The van der Waals surface area contributed by atoms with Crippen LogP contribution in [0, 0.1) is 32.1 Å². The number of fused-ring (bicyclic) bond motifs is 1. The van der Waals surface area contributed by atoms with E-state index in [4.69, 9.17) is 4.98 Å². The topological polar surface area (TPSA) is 58.7 Å². The van der Waals surface area contributed by atoms with Crippen molar-refractivity contribution in [2.45, 2.75) is 57.5 Å². The van der Waals surface area contributed by atoms with Crippen molar-refractivity contribution in [2.24, 2.45) is 0 Å². The van der Waals surface area contributed by atoms with Crippen molar-refractivity contribution in [3.8, 4) is 6.07 Å². The number of thiophene rings is 1. The molecule has 0 bridgehead atoms. The Morgan fingerprint density at radius 2 is 1.89 bits per heavy atom. The molecule has 0 fully saturated rings. The van der Waals surface area contributed by atoms with Gasteiger partial charge in [-0.3, -0.25) is 9.36 Å². The monoisotopic (exact) mass is 397 g/mol. The Kier molecular flexibility index (Phi) is 5.73. The van der Waals surface area contributed by atoms with Gasteiger partial charge in [-0.25, -0.2) is 4.98 Å². The zero-order valence-electron chi connectivity index (χ0n) is 16.2. The first kappa shape index (κ1) is 19.7. The molecule has 2 aromatic heterocycles. The molecule has 4 nitrogen and oxygen atoms in total. The fraction of sp³-hybridized carbons (Fsp3) is 0.381. The number of nitrogens with zero attached hydrogens (tertiary/aromatic N) is 3. The zero-order valence-corrected chi connectivity index (χ0v) is 17.9. The van der Waals surface area contributed by atoms with E-state index >= 15 is 0 Å². The Morgan fingerprint density at radius 3 is 2.48 bits per heavy atom. The highest BCUT2D eigenvalue weighted by atomic mass is 32.2. The maximum atomic E-state index is 13.1. The van der Waals surface area contributed by atoms with E-state index in [1.54, 1.807) is 15.9 Å². The summed E-state index contributed by atoms with van der Waals surface area (Å²) in [5, 5.41) is 10.7. The molecule has 0 saturated heterocycles. The highest BCUT2D eigenvalue weighted by Crippen LogP contribution is 2.31. The van der Waals surface area contributed by atoms with E-state index in [0.29, 0.717) is 17.0 Å². The van der Waals surface area contributed by atoms with E-state index in [2.05, 4.69) is 30.3 Å². The summed E-state index contributed by atoms with van der Waals surface area (Å²) in [5.41, 5.74) is 3.31. The summed E-state index contributed by atoms with van der Waals surface area (Å²) in [4.78, 5) is 19.8. The van der Waals surface area contributed by atoms with Gasteiger partial charge in [-0.1, -0.05) is 41.6 Å². The Hall–Kier alpha value is -2.10. The second-order valence-corrected chi connectivity index (χ2v) is 9.43. The van der Waals surface area contributed by atoms with E-state index in [9.17, 15) is 10.1 Å². The third-order valence-corrected chi connectivity index (χ3v) is 6.81. The lowest BCUT2D eigenvalue weighted by Gasteiger charge is -2.17. The van der Waals surface area contributed by atoms with Crippen LogP contribution in [0.3, 0.4) is 0 Å². The first-order valence-electron chi connectivity index (χ1n) is 8.95. The third-order valence-electron chi connectivity index (χ3n) is 4.65. The second-order valence-electron chi connectivity index (χ2n) is 7.05. The van der Waals surface area contributed by atoms with Crippen molar-refractivity contribution in [2.75, 3.05) is 0 Å². The molecule has 0 unspecified atom stereocenters. The lowest BCUT2D eigenvalue weighted by atomic mass is 10.1. The summed E-state index contributed by atoms with van der Waals surface area (Å²) in [6, 6.07) is 10.6. The number of nitriles is 1. The smallest absolute Gasteiger partial charge is 0.263 e. The first-order valence-corrected chi connectivity index (χ1v) is 10.7. The molecule has 27 heavy (non-hydrogen) atoms. The van der Waals surface area contributed by atoms with Crippen molar-refractivity contribution in [1.29, 1.82) is 5.26 Å². The standard InChI is InChI=1S/C21H23N3OS2/c1-12(2)24-20(25)18-14(4)15(5)26-19(18)23-21(24)27-17(11-22)10-16-8-6-13(3)7-9-16/h6-9,12,17H,10H2,1-5H3/t17-/m1/s1. The first-order chi connectivity index (χ1) is 12.8. The predicted molar refractivity (Wildman–Crippen MR) is 114 cm³/mol. The van der Waals surface area contributed by atoms with Crippen LogP contribution < -0.4 is 5.56 Å². The number of thioether (sulfide) groups is 1. The summed E-state index contributed by atoms with van der Waals surface area (Å²) in [6.45, 7) is 10.0. The Bertz CT molecular complexity index is 1070. The Balaban J connectivity index is 2.02. The third kappa shape index (κ3) is 3.95. The highest BCUT2D eigenvalue weighted by Gasteiger charge is 2.21. The van der Waals surface area contributed by atoms with Gasteiger partial charge in [-0.2, -0.15) is 5.26 Å². The minimum absolute atomic E-state index is 0.00799. The normalized spacial score (nSPS) is 12.5. The van der Waals surface area contributed by atoms with E-state index in [-0.39, 0.29) is 16.9 Å². The lowest BCUT2D eigenvalue weighted by molar-refractivity contribution is 0.519. The van der Waals surface area contributed by atoms with Crippen molar-refractivity contribution >= 4 is 33.3 Å². The Morgan fingerprint density at radius 1 is 1.22 bits per heavy atom. The number of aromatic nitrogens is 2. The van der Waals surface area contributed by atoms with Gasteiger partial charge in [0.25, 0.3) is 5.56 Å². The van der Waals surface area contributed by atoms with E-state index in [1.807, 2.05) is 34.6 Å². The average molecular weight is 398 g/mol. The molecule has 3 rings (SSSR count). The number of rotatable bonds is 5. The van der Waals surface area contributed by atoms with Gasteiger partial charge in [-0.15, -0.1) is 11.3 Å². The molecule has 0 spiro atoms. The maximum absolute atomic E-state index is 13.1. The van der Waals surface area contributed by atoms with Gasteiger partial charge in [0.2, 0.25) is 0 Å². The van der Waals surface area contributed by atoms with Crippen LogP contribution in [0.25, 0.3) is 10.2 Å². The van der Waals surface area contributed by atoms with Gasteiger partial charge in [0.05, 0.1) is 11.5 Å². The maximum Gasteiger partial charge on any atom is 0.263 e. The molecule has 0 saturated carbocycles. The minimum Gasteiger partial charge on any atom is -0.284 e. The molecule has 1 aromatic carbocycles. The lowest BCUT2D eigenvalue weighted by Crippen LogP contribution is -2.25. The number of benzene rings is 1. The van der Waals surface area contributed by atoms with Gasteiger partial charge in [0, 0.05) is 10.9 Å². The van der Waals surface area contributed by atoms with Crippen LogP contribution in [0.2, 0.25) is 0 Å². The summed E-state index contributed by atoms with van der Waals surface area (Å²) in [7, 11) is 0. The quantitative estimate of drug-likeness (QED) is 0.439. The van der Waals surface area contributed by atoms with Crippen LogP contribution >= 0.6 is 23.1 Å². The zero-order chi connectivity index (χ0) is 19.7. The molecule has 0 aliphatic carbocycles. The molecular weight excluding hydrogens is 374 g/mol. The van der Waals surface area contributed by atoms with Crippen LogP contribution in [-0.4, -0.2) is 14.8 Å². The van der Waals surface area contributed by atoms with Crippen LogP contribution in [0.4, 0.5) is 0 Å². The van der Waals surface area contributed by atoms with Crippen LogP contribution in [0.15, 0.2) is 34.2 Å². The number of hydrogen-bond donors (Lipinski definition) is 0. The molecule has 0 aliphatic rings. The van der Waals surface area contributed by atoms with E-state index in [1.165, 1.54) is 17.3 Å². The molecule has 0 N–H and O–H groups in total. The van der Waals surface area contributed by atoms with Gasteiger partial charge >= 0.3 is 0 Å². The molecule has 0 radical (unpaired) electrons. The van der Waals surface area contributed by atoms with Crippen LogP contribution in [0.5, 0.6) is 0 Å².